The summed E-state index contributed by atoms with van der Waals surface area (Å²) in [5, 5.41) is 0. The average molecular weight is 306 g/mol. The highest BCUT2D eigenvalue weighted by Gasteiger charge is 2.15. The van der Waals surface area contributed by atoms with Crippen molar-refractivity contribution in [3.8, 4) is 0 Å². The quantitative estimate of drug-likeness (QED) is 0.717. The van der Waals surface area contributed by atoms with Gasteiger partial charge in [0.25, 0.3) is 0 Å². The van der Waals surface area contributed by atoms with E-state index in [4.69, 9.17) is 5.73 Å². The van der Waals surface area contributed by atoms with Crippen LogP contribution in [-0.4, -0.2) is 27.0 Å². The summed E-state index contributed by atoms with van der Waals surface area (Å²) in [6.07, 6.45) is 3.75. The minimum atomic E-state index is -3.58. The van der Waals surface area contributed by atoms with Crippen LogP contribution >= 0.6 is 11.8 Å². The molecule has 1 aromatic carbocycles. The number of nitrogens with one attached hydrogen (secondary N) is 1. The predicted molar refractivity (Wildman–Crippen MR) is 77.1 cm³/mol. The molecule has 0 atom stereocenters. The summed E-state index contributed by atoms with van der Waals surface area (Å²) in [4.78, 5) is 0.0548. The first-order valence-electron chi connectivity index (χ1n) is 5.98. The molecule has 0 aliphatic rings. The van der Waals surface area contributed by atoms with Crippen molar-refractivity contribution in [1.82, 2.24) is 4.72 Å². The number of halogens is 1. The second-order valence-corrected chi connectivity index (χ2v) is 6.81. The maximum absolute atomic E-state index is 13.3. The summed E-state index contributed by atoms with van der Waals surface area (Å²) in [7, 11) is -3.58. The smallest absolute Gasteiger partial charge is 0.240 e. The zero-order valence-corrected chi connectivity index (χ0v) is 12.5. The Morgan fingerprint density at radius 1 is 1.37 bits per heavy atom. The van der Waals surface area contributed by atoms with Crippen molar-refractivity contribution in [3.05, 3.63) is 29.6 Å². The third-order valence-electron chi connectivity index (χ3n) is 2.61. The minimum Gasteiger partial charge on any atom is -0.326 e. The first-order chi connectivity index (χ1) is 9.01. The van der Waals surface area contributed by atoms with Gasteiger partial charge in [-0.3, -0.25) is 0 Å². The van der Waals surface area contributed by atoms with Gasteiger partial charge in [-0.25, -0.2) is 17.5 Å². The van der Waals surface area contributed by atoms with E-state index in [0.29, 0.717) is 6.54 Å². The molecule has 0 saturated carbocycles. The fourth-order valence-corrected chi connectivity index (χ4v) is 3.15. The predicted octanol–water partition coefficient (Wildman–Crippen LogP) is 1.71. The second-order valence-electron chi connectivity index (χ2n) is 4.06. The van der Waals surface area contributed by atoms with E-state index in [1.165, 1.54) is 12.1 Å². The summed E-state index contributed by atoms with van der Waals surface area (Å²) < 4.78 is 39.7. The van der Waals surface area contributed by atoms with Crippen LogP contribution in [0.1, 0.15) is 18.4 Å². The third kappa shape index (κ3) is 5.10. The molecule has 3 N–H and O–H groups in total. The van der Waals surface area contributed by atoms with Crippen LogP contribution in [0.15, 0.2) is 23.1 Å². The van der Waals surface area contributed by atoms with E-state index in [1.54, 1.807) is 11.8 Å². The summed E-state index contributed by atoms with van der Waals surface area (Å²) in [5.41, 5.74) is 5.56. The van der Waals surface area contributed by atoms with Gasteiger partial charge in [0, 0.05) is 18.7 Å². The van der Waals surface area contributed by atoms with Gasteiger partial charge in [-0.15, -0.1) is 0 Å². The zero-order valence-electron chi connectivity index (χ0n) is 10.9. The Morgan fingerprint density at radius 2 is 2.11 bits per heavy atom. The molecule has 1 aromatic rings. The van der Waals surface area contributed by atoms with Gasteiger partial charge in [0.15, 0.2) is 0 Å². The van der Waals surface area contributed by atoms with Crippen LogP contribution in [-0.2, 0) is 16.6 Å². The normalized spacial score (nSPS) is 11.7. The average Bonchev–Trinajstić information content (AvgIpc) is 2.38. The first-order valence-corrected chi connectivity index (χ1v) is 8.86. The largest absolute Gasteiger partial charge is 0.326 e. The number of rotatable bonds is 8. The van der Waals surface area contributed by atoms with E-state index in [0.717, 1.165) is 24.7 Å². The number of sulfonamides is 1. The van der Waals surface area contributed by atoms with Crippen molar-refractivity contribution in [3.63, 3.8) is 0 Å². The molecule has 19 heavy (non-hydrogen) atoms. The van der Waals surface area contributed by atoms with Gasteiger partial charge < -0.3 is 5.73 Å². The Hall–Kier alpha value is -0.630. The maximum atomic E-state index is 13.3. The molecule has 0 bridgehead atoms. The monoisotopic (exact) mass is 306 g/mol. The summed E-state index contributed by atoms with van der Waals surface area (Å²) in [6, 6.07) is 3.66. The molecule has 0 heterocycles. The van der Waals surface area contributed by atoms with Gasteiger partial charge >= 0.3 is 0 Å². The fourth-order valence-electron chi connectivity index (χ4n) is 1.54. The Bertz CT molecular complexity index is 506. The molecule has 7 heteroatoms. The Balaban J connectivity index is 2.67. The van der Waals surface area contributed by atoms with Crippen molar-refractivity contribution in [1.29, 1.82) is 0 Å². The first kappa shape index (κ1) is 16.4. The Kier molecular flexibility index (Phi) is 6.78. The van der Waals surface area contributed by atoms with Crippen molar-refractivity contribution in [2.75, 3.05) is 18.6 Å². The molecule has 0 aliphatic carbocycles. The van der Waals surface area contributed by atoms with E-state index in [-0.39, 0.29) is 17.0 Å². The molecule has 0 aromatic heterocycles. The van der Waals surface area contributed by atoms with Gasteiger partial charge in [-0.05, 0) is 43.0 Å². The standard InChI is InChI=1S/C12H19FN2O2S2/c1-18-7-3-2-6-15-19(16,17)11-4-5-12(13)10(8-11)9-14/h4-5,8,15H,2-3,6-7,9,14H2,1H3. The lowest BCUT2D eigenvalue weighted by atomic mass is 10.2. The van der Waals surface area contributed by atoms with Crippen molar-refractivity contribution < 1.29 is 12.8 Å². The second kappa shape index (κ2) is 7.84. The molecule has 108 valence electrons. The molecule has 1 rings (SSSR count). The molecule has 0 radical (unpaired) electrons. The number of hydrogen-bond acceptors (Lipinski definition) is 4. The highest BCUT2D eigenvalue weighted by Crippen LogP contribution is 2.14. The number of hydrogen-bond donors (Lipinski definition) is 2. The summed E-state index contributed by atoms with van der Waals surface area (Å²) in [6.45, 7) is 0.362. The third-order valence-corrected chi connectivity index (χ3v) is 4.77. The van der Waals surface area contributed by atoms with Crippen LogP contribution in [0.5, 0.6) is 0 Å². The molecule has 0 fully saturated rings. The van der Waals surface area contributed by atoms with Crippen LogP contribution in [0.25, 0.3) is 0 Å². The van der Waals surface area contributed by atoms with Gasteiger partial charge in [-0.2, -0.15) is 11.8 Å². The molecular formula is C12H19FN2O2S2. The Labute approximate surface area is 118 Å². The van der Waals surface area contributed by atoms with Crippen LogP contribution in [0.4, 0.5) is 4.39 Å². The molecule has 0 unspecified atom stereocenters. The fraction of sp³-hybridized carbons (Fsp3) is 0.500. The van der Waals surface area contributed by atoms with Crippen LogP contribution < -0.4 is 10.5 Å². The summed E-state index contributed by atoms with van der Waals surface area (Å²) >= 11 is 1.73. The molecular weight excluding hydrogens is 287 g/mol. The van der Waals surface area contributed by atoms with E-state index in [1.807, 2.05) is 6.26 Å². The number of nitrogens with two attached hydrogens (primary N) is 1. The van der Waals surface area contributed by atoms with Crippen LogP contribution in [0, 0.1) is 5.82 Å². The highest BCUT2D eigenvalue weighted by molar-refractivity contribution is 7.98. The van der Waals surface area contributed by atoms with Gasteiger partial charge in [0.1, 0.15) is 5.82 Å². The van der Waals surface area contributed by atoms with Crippen LogP contribution in [0.2, 0.25) is 0 Å². The van der Waals surface area contributed by atoms with Crippen molar-refractivity contribution in [2.24, 2.45) is 5.73 Å². The topological polar surface area (TPSA) is 72.2 Å². The van der Waals surface area contributed by atoms with Crippen molar-refractivity contribution >= 4 is 21.8 Å². The molecule has 0 amide bonds. The Morgan fingerprint density at radius 3 is 2.74 bits per heavy atom. The lowest BCUT2D eigenvalue weighted by molar-refractivity contribution is 0.576. The highest BCUT2D eigenvalue weighted by atomic mass is 32.2. The molecule has 0 spiro atoms. The zero-order chi connectivity index (χ0) is 14.3. The van der Waals surface area contributed by atoms with E-state index >= 15 is 0 Å². The van der Waals surface area contributed by atoms with E-state index in [9.17, 15) is 12.8 Å². The lowest BCUT2D eigenvalue weighted by Gasteiger charge is -2.08. The van der Waals surface area contributed by atoms with Gasteiger partial charge in [0.2, 0.25) is 10.0 Å². The summed E-state index contributed by atoms with van der Waals surface area (Å²) in [5.74, 6) is 0.525. The van der Waals surface area contributed by atoms with Crippen LogP contribution in [0.3, 0.4) is 0 Å². The SMILES string of the molecule is CSCCCCNS(=O)(=O)c1ccc(F)c(CN)c1. The lowest BCUT2D eigenvalue weighted by Crippen LogP contribution is -2.25. The number of thioether (sulfide) groups is 1. The molecule has 0 aliphatic heterocycles. The molecule has 0 saturated heterocycles. The van der Waals surface area contributed by atoms with E-state index in [2.05, 4.69) is 4.72 Å². The van der Waals surface area contributed by atoms with Gasteiger partial charge in [-0.1, -0.05) is 0 Å². The van der Waals surface area contributed by atoms with Crippen molar-refractivity contribution in [2.45, 2.75) is 24.3 Å². The molecule has 4 nitrogen and oxygen atoms in total. The number of benzene rings is 1. The maximum Gasteiger partial charge on any atom is 0.240 e. The minimum absolute atomic E-state index is 0.0249. The number of unbranched alkanes of at least 4 members (excludes halogenated alkanes) is 1. The van der Waals surface area contributed by atoms with E-state index < -0.39 is 15.8 Å². The van der Waals surface area contributed by atoms with Gasteiger partial charge in [0.05, 0.1) is 4.90 Å².